The molecule has 1 atom stereocenters. The quantitative estimate of drug-likeness (QED) is 0.140. The first-order chi connectivity index (χ1) is 21.1. The number of nitrogens with zero attached hydrogens (tertiary/aromatic N) is 5. The summed E-state index contributed by atoms with van der Waals surface area (Å²) in [4.78, 5) is 32.4. The van der Waals surface area contributed by atoms with Crippen molar-refractivity contribution in [3.8, 4) is 11.4 Å². The van der Waals surface area contributed by atoms with Crippen LogP contribution in [-0.2, 0) is 53.2 Å². The van der Waals surface area contributed by atoms with Gasteiger partial charge in [0, 0.05) is 35.9 Å². The molecule has 0 saturated heterocycles. The summed E-state index contributed by atoms with van der Waals surface area (Å²) in [7, 11) is 1.11. The van der Waals surface area contributed by atoms with Crippen LogP contribution in [0.4, 0.5) is 13.2 Å². The van der Waals surface area contributed by atoms with Crippen LogP contribution < -0.4 is 10.5 Å². The van der Waals surface area contributed by atoms with Crippen molar-refractivity contribution in [3.63, 3.8) is 0 Å². The Hall–Kier alpha value is -4.87. The maximum atomic E-state index is 12.7. The molecule has 0 fully saturated rings. The molecule has 0 bridgehead atoms. The van der Waals surface area contributed by atoms with Crippen LogP contribution in [0.3, 0.4) is 0 Å². The largest absolute Gasteiger partial charge is 0 e. The van der Waals surface area contributed by atoms with Crippen LogP contribution in [0.2, 0.25) is 0 Å². The number of esters is 1. The number of aromatic nitrogens is 5. The van der Waals surface area contributed by atoms with Gasteiger partial charge in [0.15, 0.2) is 5.69 Å². The van der Waals surface area contributed by atoms with Crippen LogP contribution in [0.5, 0.6) is 0 Å². The molecule has 0 saturated carbocycles. The topological polar surface area (TPSA) is 181 Å². The number of halogens is 3. The first-order valence-corrected chi connectivity index (χ1v) is 11.9. The summed E-state index contributed by atoms with van der Waals surface area (Å²) in [6.07, 6.45) is -1.21. The Labute approximate surface area is 266 Å². The minimum absolute atomic E-state index is 0. The van der Waals surface area contributed by atoms with Crippen LogP contribution in [0.15, 0.2) is 67.0 Å². The van der Waals surface area contributed by atoms with Crippen LogP contribution in [0.25, 0.3) is 11.4 Å². The van der Waals surface area contributed by atoms with E-state index >= 15 is 0 Å². The van der Waals surface area contributed by atoms with Crippen molar-refractivity contribution in [2.45, 2.75) is 32.5 Å². The Kier molecular flexibility index (Phi) is 21.3. The third-order valence-corrected chi connectivity index (χ3v) is 5.16. The van der Waals surface area contributed by atoms with Crippen LogP contribution in [0.1, 0.15) is 32.9 Å². The SMILES string of the molecule is COC(=O)C(Cc1ccccc1)NC(=O)c1n[n-]nc1C(F)(F)F.Cc1ccnc(-c2cc(C)ccn2)c1.[C-]#[O+].[C-]#[O+].[C-]#[O+].[Mn]. The zero-order valence-electron chi connectivity index (χ0n) is 23.8. The van der Waals surface area contributed by atoms with Gasteiger partial charge in [0.05, 0.1) is 18.5 Å². The standard InChI is InChI=1S/C14H13F3N4O3.C12H12N2.3CO.Mn/c1-24-13(23)9(7-8-5-3-2-4-6-8)18-12(22)10-11(14(15,16)17)20-21-19-10;1-9-3-5-13-11(7-9)12-8-10(2)4-6-14-12;3*1-2;/h2-6,9H,7H2,1H3,(H2,18,19,20,21,22);3-8H,1-2H3;;;;/p-1. The number of amides is 1. The van der Waals surface area contributed by atoms with Gasteiger partial charge >= 0.3 is 46.1 Å². The summed E-state index contributed by atoms with van der Waals surface area (Å²) in [6.45, 7) is 17.6. The summed E-state index contributed by atoms with van der Waals surface area (Å²) in [5.74, 6) is -2.01. The number of carbonyl (C=O) groups excluding carboxylic acids is 2. The number of rotatable bonds is 6. The van der Waals surface area contributed by atoms with E-state index in [0.717, 1.165) is 18.5 Å². The van der Waals surface area contributed by atoms with Crippen molar-refractivity contribution >= 4 is 11.9 Å². The number of alkyl halides is 3. The monoisotopic (exact) mass is 664 g/mol. The number of aryl methyl sites for hydroxylation is 2. The van der Waals surface area contributed by atoms with E-state index in [1.54, 1.807) is 30.3 Å². The molecule has 1 unspecified atom stereocenters. The van der Waals surface area contributed by atoms with Crippen molar-refractivity contribution in [1.82, 2.24) is 30.7 Å². The molecule has 1 aromatic carbocycles. The van der Waals surface area contributed by atoms with Crippen LogP contribution in [-0.4, -0.2) is 45.2 Å². The summed E-state index contributed by atoms with van der Waals surface area (Å²) in [6, 6.07) is 15.5. The molecule has 45 heavy (non-hydrogen) atoms. The number of benzene rings is 1. The van der Waals surface area contributed by atoms with E-state index in [1.165, 1.54) is 11.1 Å². The van der Waals surface area contributed by atoms with Gasteiger partial charge < -0.3 is 25.5 Å². The van der Waals surface area contributed by atoms with E-state index in [-0.39, 0.29) is 23.5 Å². The molecule has 0 aliphatic rings. The van der Waals surface area contributed by atoms with Gasteiger partial charge in [-0.2, -0.15) is 13.2 Å². The number of hydrogen-bond donors (Lipinski definition) is 1. The molecule has 235 valence electrons. The van der Waals surface area contributed by atoms with Crippen molar-refractivity contribution < 1.29 is 58.5 Å². The third kappa shape index (κ3) is 14.4. The van der Waals surface area contributed by atoms with Gasteiger partial charge in [0.1, 0.15) is 11.7 Å². The van der Waals surface area contributed by atoms with Gasteiger partial charge in [-0.15, -0.1) is 0 Å². The van der Waals surface area contributed by atoms with E-state index in [1.807, 2.05) is 36.7 Å². The Morgan fingerprint density at radius 1 is 0.889 bits per heavy atom. The normalized spacial score (nSPS) is 9.96. The van der Waals surface area contributed by atoms with Gasteiger partial charge in [-0.05, 0) is 54.8 Å². The molecule has 1 amide bonds. The van der Waals surface area contributed by atoms with Crippen molar-refractivity contribution in [3.05, 3.63) is 115 Å². The number of hydrogen-bond acceptors (Lipinski definition) is 7. The smallest absolute Gasteiger partial charge is 0 e. The summed E-state index contributed by atoms with van der Waals surface area (Å²) in [5.41, 5.74) is 2.47. The molecule has 12 nitrogen and oxygen atoms in total. The second kappa shape index (κ2) is 22.6. The maximum Gasteiger partial charge on any atom is 0 e. The minimum Gasteiger partial charge on any atom is 0 e. The fourth-order valence-corrected chi connectivity index (χ4v) is 3.31. The molecule has 4 rings (SSSR count). The number of ether oxygens (including phenoxy) is 1. The zero-order valence-corrected chi connectivity index (χ0v) is 25.0. The molecule has 0 aliphatic carbocycles. The van der Waals surface area contributed by atoms with E-state index in [2.05, 4.69) is 69.2 Å². The average Bonchev–Trinajstić information content (AvgIpc) is 3.56. The Morgan fingerprint density at radius 2 is 1.38 bits per heavy atom. The number of pyridine rings is 2. The van der Waals surface area contributed by atoms with Crippen molar-refractivity contribution in [1.29, 1.82) is 0 Å². The predicted octanol–water partition coefficient (Wildman–Crippen LogP) is 3.61. The summed E-state index contributed by atoms with van der Waals surface area (Å²) < 4.78 is 65.3. The van der Waals surface area contributed by atoms with E-state index in [9.17, 15) is 22.8 Å². The van der Waals surface area contributed by atoms with Gasteiger partial charge in [0.25, 0.3) is 5.91 Å². The van der Waals surface area contributed by atoms with Gasteiger partial charge in [-0.1, -0.05) is 30.3 Å². The van der Waals surface area contributed by atoms with Crippen molar-refractivity contribution in [2.24, 2.45) is 0 Å². The van der Waals surface area contributed by atoms with Gasteiger partial charge in [-0.25, -0.2) is 4.79 Å². The van der Waals surface area contributed by atoms with Crippen LogP contribution >= 0.6 is 0 Å². The molecule has 3 heterocycles. The Bertz CT molecular complexity index is 1470. The number of nitrogens with one attached hydrogen (secondary N) is 1. The van der Waals surface area contributed by atoms with E-state index in [4.69, 9.17) is 14.0 Å². The molecule has 16 heteroatoms. The average molecular weight is 664 g/mol. The Morgan fingerprint density at radius 3 is 1.80 bits per heavy atom. The second-order valence-electron chi connectivity index (χ2n) is 8.16. The molecular formula is C29H24F3MnN6O6-. The van der Waals surface area contributed by atoms with E-state index in [0.29, 0.717) is 5.56 Å². The molecule has 0 aliphatic heterocycles. The second-order valence-corrected chi connectivity index (χ2v) is 8.16. The van der Waals surface area contributed by atoms with Gasteiger partial charge in [0.2, 0.25) is 0 Å². The third-order valence-electron chi connectivity index (χ3n) is 5.16. The molecule has 1 radical (unpaired) electrons. The first kappa shape index (κ1) is 42.3. The fraction of sp³-hybridized carbons (Fsp3) is 0.207. The van der Waals surface area contributed by atoms with Crippen molar-refractivity contribution in [2.75, 3.05) is 7.11 Å². The molecule has 4 aromatic rings. The fourth-order valence-electron chi connectivity index (χ4n) is 3.31. The van der Waals surface area contributed by atoms with Crippen LogP contribution in [0, 0.1) is 33.8 Å². The van der Waals surface area contributed by atoms with Gasteiger partial charge in [-0.3, -0.25) is 14.8 Å². The number of methoxy groups -OCH3 is 1. The summed E-state index contributed by atoms with van der Waals surface area (Å²) >= 11 is 0. The summed E-state index contributed by atoms with van der Waals surface area (Å²) in [5, 5.41) is 10.9. The molecular weight excluding hydrogens is 640 g/mol. The first-order valence-electron chi connectivity index (χ1n) is 11.9. The molecule has 0 spiro atoms. The molecule has 1 N–H and O–H groups in total. The predicted molar refractivity (Wildman–Crippen MR) is 143 cm³/mol. The zero-order chi connectivity index (χ0) is 33.7. The van der Waals surface area contributed by atoms with E-state index < -0.39 is 35.5 Å². The Balaban J connectivity index is 0. The minimum atomic E-state index is -4.88. The maximum absolute atomic E-state index is 12.7. The number of carbonyl (C=O) groups is 2. The molecule has 3 aromatic heterocycles.